The predicted molar refractivity (Wildman–Crippen MR) is 86.6 cm³/mol. The van der Waals surface area contributed by atoms with E-state index in [1.807, 2.05) is 12.1 Å². The summed E-state index contributed by atoms with van der Waals surface area (Å²) in [5, 5.41) is 12.1. The van der Waals surface area contributed by atoms with E-state index < -0.39 is 6.10 Å². The fourth-order valence-corrected chi connectivity index (χ4v) is 2.90. The number of carbonyl (C=O) groups excluding carboxylic acids is 1. The number of hydrogen-bond acceptors (Lipinski definition) is 3. The van der Waals surface area contributed by atoms with E-state index in [-0.39, 0.29) is 12.5 Å². The average molecular weight is 305 g/mol. The molecule has 0 heterocycles. The van der Waals surface area contributed by atoms with Crippen molar-refractivity contribution in [1.82, 2.24) is 5.32 Å². The van der Waals surface area contributed by atoms with Crippen molar-refractivity contribution in [3.8, 4) is 5.75 Å². The van der Waals surface area contributed by atoms with E-state index in [1.165, 1.54) is 25.7 Å². The van der Waals surface area contributed by atoms with Crippen LogP contribution in [0, 0.1) is 11.8 Å². The lowest BCUT2D eigenvalue weighted by molar-refractivity contribution is -0.127. The normalized spacial score (nSPS) is 22.9. The highest BCUT2D eigenvalue weighted by molar-refractivity contribution is 5.80. The number of aliphatic hydroxyl groups excluding tert-OH is 1. The Balaban J connectivity index is 1.76. The molecule has 1 atom stereocenters. The van der Waals surface area contributed by atoms with Crippen molar-refractivity contribution in [3.05, 3.63) is 29.8 Å². The number of nitrogens with one attached hydrogen (secondary N) is 1. The molecule has 0 spiro atoms. The first-order valence-electron chi connectivity index (χ1n) is 8.22. The molecule has 0 bridgehead atoms. The largest absolute Gasteiger partial charge is 0.481 e. The lowest BCUT2D eigenvalue weighted by Crippen LogP contribution is -2.39. The summed E-state index contributed by atoms with van der Waals surface area (Å²) in [6, 6.07) is 7.19. The highest BCUT2D eigenvalue weighted by Gasteiger charge is 2.20. The van der Waals surface area contributed by atoms with Crippen LogP contribution in [0.1, 0.15) is 45.1 Å². The van der Waals surface area contributed by atoms with Crippen LogP contribution in [0.4, 0.5) is 0 Å². The van der Waals surface area contributed by atoms with Gasteiger partial charge in [0.1, 0.15) is 5.75 Å². The Hall–Kier alpha value is -1.55. The number of ether oxygens (including phenoxy) is 1. The summed E-state index contributed by atoms with van der Waals surface area (Å²) in [5.74, 6) is 1.96. The molecule has 1 aliphatic rings. The SMILES string of the molecule is CC1CCC(CNC(=O)C(C)Oc2cccc(CO)c2)CC1. The fourth-order valence-electron chi connectivity index (χ4n) is 2.90. The Bertz CT molecular complexity index is 481. The van der Waals surface area contributed by atoms with Gasteiger partial charge in [0.05, 0.1) is 6.61 Å². The summed E-state index contributed by atoms with van der Waals surface area (Å²) in [7, 11) is 0. The minimum Gasteiger partial charge on any atom is -0.481 e. The lowest BCUT2D eigenvalue weighted by atomic mass is 9.83. The molecule has 1 aliphatic carbocycles. The van der Waals surface area contributed by atoms with Crippen molar-refractivity contribution < 1.29 is 14.6 Å². The van der Waals surface area contributed by atoms with E-state index in [1.54, 1.807) is 19.1 Å². The smallest absolute Gasteiger partial charge is 0.260 e. The number of amides is 1. The first-order valence-corrected chi connectivity index (χ1v) is 8.22. The van der Waals surface area contributed by atoms with Crippen molar-refractivity contribution in [3.63, 3.8) is 0 Å². The Morgan fingerprint density at radius 2 is 2.09 bits per heavy atom. The minimum atomic E-state index is -0.531. The zero-order valence-electron chi connectivity index (χ0n) is 13.5. The molecule has 4 heteroatoms. The highest BCUT2D eigenvalue weighted by Crippen LogP contribution is 2.27. The van der Waals surface area contributed by atoms with Crippen molar-refractivity contribution in [2.75, 3.05) is 6.54 Å². The minimum absolute atomic E-state index is 0.0299. The zero-order valence-corrected chi connectivity index (χ0v) is 13.5. The first-order chi connectivity index (χ1) is 10.6. The van der Waals surface area contributed by atoms with Gasteiger partial charge in [0.15, 0.2) is 6.10 Å². The molecule has 4 nitrogen and oxygen atoms in total. The highest BCUT2D eigenvalue weighted by atomic mass is 16.5. The van der Waals surface area contributed by atoms with Gasteiger partial charge in [0.2, 0.25) is 0 Å². The molecule has 0 radical (unpaired) electrons. The first kappa shape index (κ1) is 16.8. The molecular weight excluding hydrogens is 278 g/mol. The van der Waals surface area contributed by atoms with Gasteiger partial charge in [-0.25, -0.2) is 0 Å². The summed E-state index contributed by atoms with van der Waals surface area (Å²) in [6.07, 6.45) is 4.40. The van der Waals surface area contributed by atoms with Crippen LogP contribution in [0.15, 0.2) is 24.3 Å². The van der Waals surface area contributed by atoms with Gasteiger partial charge < -0.3 is 15.2 Å². The second-order valence-corrected chi connectivity index (χ2v) is 6.44. The summed E-state index contributed by atoms with van der Waals surface area (Å²) in [4.78, 5) is 12.1. The van der Waals surface area contributed by atoms with E-state index in [9.17, 15) is 4.79 Å². The third-order valence-corrected chi connectivity index (χ3v) is 4.46. The van der Waals surface area contributed by atoms with Gasteiger partial charge in [0, 0.05) is 6.54 Å². The maximum Gasteiger partial charge on any atom is 0.260 e. The van der Waals surface area contributed by atoms with Crippen molar-refractivity contribution in [1.29, 1.82) is 0 Å². The number of carbonyl (C=O) groups is 1. The summed E-state index contributed by atoms with van der Waals surface area (Å²) in [5.41, 5.74) is 0.779. The Morgan fingerprint density at radius 1 is 1.36 bits per heavy atom. The molecule has 1 unspecified atom stereocenters. The Labute approximate surface area is 132 Å². The van der Waals surface area contributed by atoms with E-state index >= 15 is 0 Å². The third kappa shape index (κ3) is 5.02. The average Bonchev–Trinajstić information content (AvgIpc) is 2.54. The molecule has 1 aromatic rings. The second kappa shape index (κ2) is 8.18. The summed E-state index contributed by atoms with van der Waals surface area (Å²) in [6.45, 7) is 4.77. The molecule has 1 amide bonds. The number of rotatable bonds is 6. The molecule has 2 rings (SSSR count). The van der Waals surface area contributed by atoms with Gasteiger partial charge in [-0.1, -0.05) is 31.9 Å². The number of benzene rings is 1. The zero-order chi connectivity index (χ0) is 15.9. The Kier molecular flexibility index (Phi) is 6.25. The number of aliphatic hydroxyl groups is 1. The van der Waals surface area contributed by atoms with Crippen molar-refractivity contribution in [2.24, 2.45) is 11.8 Å². The maximum absolute atomic E-state index is 12.1. The van der Waals surface area contributed by atoms with Crippen LogP contribution in [0.3, 0.4) is 0 Å². The quantitative estimate of drug-likeness (QED) is 0.849. The number of hydrogen-bond donors (Lipinski definition) is 2. The predicted octanol–water partition coefficient (Wildman–Crippen LogP) is 2.89. The van der Waals surface area contributed by atoms with Crippen molar-refractivity contribution in [2.45, 2.75) is 52.2 Å². The molecule has 122 valence electrons. The summed E-state index contributed by atoms with van der Waals surface area (Å²) >= 11 is 0. The summed E-state index contributed by atoms with van der Waals surface area (Å²) < 4.78 is 5.65. The van der Waals surface area contributed by atoms with Gasteiger partial charge in [-0.15, -0.1) is 0 Å². The van der Waals surface area contributed by atoms with E-state index in [0.29, 0.717) is 11.7 Å². The molecule has 1 fully saturated rings. The monoisotopic (exact) mass is 305 g/mol. The van der Waals surface area contributed by atoms with Crippen LogP contribution in [0.25, 0.3) is 0 Å². The lowest BCUT2D eigenvalue weighted by Gasteiger charge is -2.26. The van der Waals surface area contributed by atoms with Crippen LogP contribution < -0.4 is 10.1 Å². The topological polar surface area (TPSA) is 58.6 Å². The molecule has 22 heavy (non-hydrogen) atoms. The fraction of sp³-hybridized carbons (Fsp3) is 0.611. The molecule has 0 aromatic heterocycles. The van der Waals surface area contributed by atoms with E-state index in [4.69, 9.17) is 9.84 Å². The van der Waals surface area contributed by atoms with Gasteiger partial charge >= 0.3 is 0 Å². The van der Waals surface area contributed by atoms with Gasteiger partial charge in [0.25, 0.3) is 5.91 Å². The Morgan fingerprint density at radius 3 is 2.77 bits per heavy atom. The molecule has 1 aromatic carbocycles. The molecule has 2 N–H and O–H groups in total. The van der Waals surface area contributed by atoms with Crippen LogP contribution in [0.5, 0.6) is 5.75 Å². The maximum atomic E-state index is 12.1. The molecule has 0 aliphatic heterocycles. The molecular formula is C18H27NO3. The van der Waals surface area contributed by atoms with Crippen molar-refractivity contribution >= 4 is 5.91 Å². The standard InChI is InChI=1S/C18H27NO3/c1-13-6-8-15(9-7-13)11-19-18(21)14(2)22-17-5-3-4-16(10-17)12-20/h3-5,10,13-15,20H,6-9,11-12H2,1-2H3,(H,19,21). The molecule has 0 saturated heterocycles. The van der Waals surface area contributed by atoms with Crippen LogP contribution in [-0.2, 0) is 11.4 Å². The van der Waals surface area contributed by atoms with Crippen LogP contribution in [0.2, 0.25) is 0 Å². The van der Waals surface area contributed by atoms with Crippen LogP contribution in [-0.4, -0.2) is 23.7 Å². The van der Waals surface area contributed by atoms with Crippen LogP contribution >= 0.6 is 0 Å². The van der Waals surface area contributed by atoms with Gasteiger partial charge in [-0.2, -0.15) is 0 Å². The third-order valence-electron chi connectivity index (χ3n) is 4.46. The van der Waals surface area contributed by atoms with Gasteiger partial charge in [-0.05, 0) is 49.3 Å². The second-order valence-electron chi connectivity index (χ2n) is 6.44. The van der Waals surface area contributed by atoms with E-state index in [2.05, 4.69) is 12.2 Å². The molecule has 1 saturated carbocycles. The van der Waals surface area contributed by atoms with E-state index in [0.717, 1.165) is 18.0 Å². The van der Waals surface area contributed by atoms with Gasteiger partial charge in [-0.3, -0.25) is 4.79 Å².